The molecule has 1 aromatic heterocycles. The molecule has 0 amide bonds. The summed E-state index contributed by atoms with van der Waals surface area (Å²) in [6, 6.07) is 2.35. The molecule has 1 aromatic carbocycles. The van der Waals surface area contributed by atoms with Crippen LogP contribution < -0.4 is 10.5 Å². The highest BCUT2D eigenvalue weighted by Crippen LogP contribution is 2.20. The van der Waals surface area contributed by atoms with Crippen LogP contribution in [0.25, 0.3) is 0 Å². The summed E-state index contributed by atoms with van der Waals surface area (Å²) in [4.78, 5) is -0.0585. The van der Waals surface area contributed by atoms with Crippen molar-refractivity contribution in [1.82, 2.24) is 19.5 Å². The minimum Gasteiger partial charge on any atom is -0.396 e. The number of hydrogen-bond donors (Lipinski definition) is 2. The Bertz CT molecular complexity index is 734. The van der Waals surface area contributed by atoms with E-state index in [9.17, 15) is 12.8 Å². The highest BCUT2D eigenvalue weighted by Gasteiger charge is 2.17. The van der Waals surface area contributed by atoms with E-state index in [1.807, 2.05) is 0 Å². The Morgan fingerprint density at radius 2 is 2.14 bits per heavy atom. The maximum absolute atomic E-state index is 13.4. The van der Waals surface area contributed by atoms with Crippen LogP contribution in [-0.2, 0) is 23.5 Å². The molecule has 0 fully saturated rings. The van der Waals surface area contributed by atoms with Gasteiger partial charge in [0.25, 0.3) is 0 Å². The third-order valence-corrected chi connectivity index (χ3v) is 4.45. The van der Waals surface area contributed by atoms with Gasteiger partial charge < -0.3 is 10.3 Å². The number of anilines is 1. The third-order valence-electron chi connectivity index (χ3n) is 3.01. The van der Waals surface area contributed by atoms with Crippen LogP contribution in [0, 0.1) is 12.7 Å². The lowest BCUT2D eigenvalue weighted by molar-refractivity contribution is 0.578. The maximum atomic E-state index is 13.4. The zero-order valence-electron chi connectivity index (χ0n) is 11.7. The van der Waals surface area contributed by atoms with E-state index < -0.39 is 15.8 Å². The van der Waals surface area contributed by atoms with Gasteiger partial charge in [-0.15, -0.1) is 10.2 Å². The average molecular weight is 313 g/mol. The Labute approximate surface area is 122 Å². The number of nitrogens with two attached hydrogens (primary N) is 1. The van der Waals surface area contributed by atoms with Crippen molar-refractivity contribution in [2.24, 2.45) is 7.05 Å². The van der Waals surface area contributed by atoms with E-state index in [-0.39, 0.29) is 22.7 Å². The fraction of sp³-hybridized carbons (Fsp3) is 0.333. The molecular formula is C12H16FN5O2S. The van der Waals surface area contributed by atoms with E-state index in [4.69, 9.17) is 5.73 Å². The second-order valence-corrected chi connectivity index (χ2v) is 6.42. The predicted molar refractivity (Wildman–Crippen MR) is 75.4 cm³/mol. The lowest BCUT2D eigenvalue weighted by Crippen LogP contribution is -2.27. The summed E-state index contributed by atoms with van der Waals surface area (Å²) < 4.78 is 41.8. The Balaban J connectivity index is 2.10. The van der Waals surface area contributed by atoms with Crippen LogP contribution in [-0.4, -0.2) is 29.7 Å². The Kier molecular flexibility index (Phi) is 4.24. The van der Waals surface area contributed by atoms with Gasteiger partial charge in [-0.25, -0.2) is 17.5 Å². The number of aryl methyl sites for hydroxylation is 2. The Morgan fingerprint density at radius 1 is 1.43 bits per heavy atom. The number of nitrogen functional groups attached to an aromatic ring is 1. The van der Waals surface area contributed by atoms with Crippen LogP contribution >= 0.6 is 0 Å². The van der Waals surface area contributed by atoms with Gasteiger partial charge in [-0.3, -0.25) is 0 Å². The zero-order chi connectivity index (χ0) is 15.6. The quantitative estimate of drug-likeness (QED) is 0.776. The van der Waals surface area contributed by atoms with Crippen molar-refractivity contribution in [3.8, 4) is 0 Å². The van der Waals surface area contributed by atoms with Gasteiger partial charge >= 0.3 is 0 Å². The van der Waals surface area contributed by atoms with E-state index in [2.05, 4.69) is 14.9 Å². The molecule has 7 nitrogen and oxygen atoms in total. The molecule has 2 aromatic rings. The molecule has 1 heterocycles. The minimum atomic E-state index is -3.74. The van der Waals surface area contributed by atoms with E-state index in [0.717, 1.165) is 6.07 Å². The van der Waals surface area contributed by atoms with E-state index in [1.165, 1.54) is 19.3 Å². The number of nitrogens with one attached hydrogen (secondary N) is 1. The van der Waals surface area contributed by atoms with Gasteiger partial charge in [-0.1, -0.05) is 0 Å². The fourth-order valence-electron chi connectivity index (χ4n) is 1.83. The molecular weight excluding hydrogens is 297 g/mol. The van der Waals surface area contributed by atoms with Crippen molar-refractivity contribution < 1.29 is 12.8 Å². The number of nitrogens with zero attached hydrogens (tertiary/aromatic N) is 3. The molecule has 0 saturated heterocycles. The summed E-state index contributed by atoms with van der Waals surface area (Å²) in [5.41, 5.74) is 5.45. The molecule has 114 valence electrons. The molecule has 0 atom stereocenters. The first-order chi connectivity index (χ1) is 9.81. The van der Waals surface area contributed by atoms with Crippen LogP contribution in [0.4, 0.5) is 10.1 Å². The van der Waals surface area contributed by atoms with Crippen molar-refractivity contribution >= 4 is 15.7 Å². The number of rotatable bonds is 5. The SMILES string of the molecule is Cc1cc(S(=O)(=O)NCCc2nncn2C)cc(N)c1F. The van der Waals surface area contributed by atoms with Crippen molar-refractivity contribution in [1.29, 1.82) is 0 Å². The Hall–Kier alpha value is -2.00. The van der Waals surface area contributed by atoms with Crippen LogP contribution in [0.5, 0.6) is 0 Å². The van der Waals surface area contributed by atoms with E-state index >= 15 is 0 Å². The number of sulfonamides is 1. The largest absolute Gasteiger partial charge is 0.396 e. The second-order valence-electron chi connectivity index (χ2n) is 4.65. The topological polar surface area (TPSA) is 103 Å². The molecule has 0 aliphatic rings. The first kappa shape index (κ1) is 15.4. The zero-order valence-corrected chi connectivity index (χ0v) is 12.5. The Morgan fingerprint density at radius 3 is 2.71 bits per heavy atom. The lowest BCUT2D eigenvalue weighted by Gasteiger charge is -2.09. The summed E-state index contributed by atoms with van der Waals surface area (Å²) >= 11 is 0. The summed E-state index contributed by atoms with van der Waals surface area (Å²) in [5.74, 6) is 0.0561. The molecule has 2 rings (SSSR count). The van der Waals surface area contributed by atoms with Gasteiger partial charge in [0, 0.05) is 20.0 Å². The van der Waals surface area contributed by atoms with Crippen LogP contribution in [0.2, 0.25) is 0 Å². The highest BCUT2D eigenvalue weighted by molar-refractivity contribution is 7.89. The van der Waals surface area contributed by atoms with Crippen LogP contribution in [0.1, 0.15) is 11.4 Å². The van der Waals surface area contributed by atoms with Gasteiger partial charge in [0.15, 0.2) is 0 Å². The predicted octanol–water partition coefficient (Wildman–Crippen LogP) is 0.366. The van der Waals surface area contributed by atoms with Gasteiger partial charge in [0.2, 0.25) is 10.0 Å². The summed E-state index contributed by atoms with van der Waals surface area (Å²) in [5, 5.41) is 7.56. The summed E-state index contributed by atoms with van der Waals surface area (Å²) in [7, 11) is -1.97. The first-order valence-electron chi connectivity index (χ1n) is 6.19. The van der Waals surface area contributed by atoms with Gasteiger partial charge in [-0.2, -0.15) is 0 Å². The molecule has 0 unspecified atom stereocenters. The maximum Gasteiger partial charge on any atom is 0.240 e. The molecule has 0 saturated carbocycles. The van der Waals surface area contributed by atoms with Crippen molar-refractivity contribution in [3.63, 3.8) is 0 Å². The van der Waals surface area contributed by atoms with Gasteiger partial charge in [0.1, 0.15) is 18.0 Å². The average Bonchev–Trinajstić information content (AvgIpc) is 2.81. The van der Waals surface area contributed by atoms with Crippen LogP contribution in [0.3, 0.4) is 0 Å². The van der Waals surface area contributed by atoms with Gasteiger partial charge in [-0.05, 0) is 24.6 Å². The van der Waals surface area contributed by atoms with Crippen molar-refractivity contribution in [2.45, 2.75) is 18.2 Å². The molecule has 3 N–H and O–H groups in total. The summed E-state index contributed by atoms with van der Waals surface area (Å²) in [6.07, 6.45) is 1.93. The molecule has 21 heavy (non-hydrogen) atoms. The number of benzene rings is 1. The van der Waals surface area contributed by atoms with Crippen LogP contribution in [0.15, 0.2) is 23.4 Å². The molecule has 0 aliphatic carbocycles. The fourth-order valence-corrected chi connectivity index (χ4v) is 2.98. The third kappa shape index (κ3) is 3.37. The molecule has 0 aliphatic heterocycles. The molecule has 0 spiro atoms. The molecule has 9 heteroatoms. The van der Waals surface area contributed by atoms with E-state index in [0.29, 0.717) is 12.2 Å². The minimum absolute atomic E-state index is 0.0585. The number of aromatic nitrogens is 3. The number of hydrogen-bond acceptors (Lipinski definition) is 5. The van der Waals surface area contributed by atoms with E-state index in [1.54, 1.807) is 11.6 Å². The normalized spacial score (nSPS) is 11.8. The summed E-state index contributed by atoms with van der Waals surface area (Å²) in [6.45, 7) is 1.62. The first-order valence-corrected chi connectivity index (χ1v) is 7.68. The number of halogens is 1. The smallest absolute Gasteiger partial charge is 0.240 e. The monoisotopic (exact) mass is 313 g/mol. The molecule has 0 bridgehead atoms. The molecule has 0 radical (unpaired) electrons. The lowest BCUT2D eigenvalue weighted by atomic mass is 10.2. The van der Waals surface area contributed by atoms with Crippen molar-refractivity contribution in [2.75, 3.05) is 12.3 Å². The standard InChI is InChI=1S/C12H16FN5O2S/c1-8-5-9(6-10(14)12(8)13)21(19,20)16-4-3-11-17-15-7-18(11)2/h5-7,16H,3-4,14H2,1-2H3. The van der Waals surface area contributed by atoms with Crippen molar-refractivity contribution in [3.05, 3.63) is 35.7 Å². The van der Waals surface area contributed by atoms with Gasteiger partial charge in [0.05, 0.1) is 10.6 Å². The highest BCUT2D eigenvalue weighted by atomic mass is 32.2. The second kappa shape index (κ2) is 5.78.